The molecule has 0 aliphatic heterocycles. The summed E-state index contributed by atoms with van der Waals surface area (Å²) in [5, 5.41) is 14.3. The Kier molecular flexibility index (Phi) is 6.51. The molecule has 0 aliphatic rings. The summed E-state index contributed by atoms with van der Waals surface area (Å²) in [6.07, 6.45) is 0.560. The topological polar surface area (TPSA) is 78.4 Å². The summed E-state index contributed by atoms with van der Waals surface area (Å²) in [7, 11) is 0. The minimum absolute atomic E-state index is 0.260. The van der Waals surface area contributed by atoms with Crippen LogP contribution < -0.4 is 10.6 Å². The first kappa shape index (κ1) is 17.7. The standard InChI is InChI=1S/C19H22N2O3/c1-14(22)11-12-20-18(23)19(24)21-17-10-6-5-9-16(17)13-15-7-3-2-4-8-15/h2-10,14,22H,11-13H2,1H3,(H,20,23)(H,21,24). The summed E-state index contributed by atoms with van der Waals surface area (Å²) in [6.45, 7) is 1.89. The van der Waals surface area contributed by atoms with Gasteiger partial charge in [-0.3, -0.25) is 9.59 Å². The Morgan fingerprint density at radius 2 is 1.67 bits per heavy atom. The van der Waals surface area contributed by atoms with Gasteiger partial charge in [0.1, 0.15) is 0 Å². The van der Waals surface area contributed by atoms with Crippen LogP contribution in [0, 0.1) is 0 Å². The minimum atomic E-state index is -0.707. The summed E-state index contributed by atoms with van der Waals surface area (Å²) in [4.78, 5) is 23.8. The van der Waals surface area contributed by atoms with Gasteiger partial charge in [0, 0.05) is 12.2 Å². The Bertz CT molecular complexity index is 684. The zero-order chi connectivity index (χ0) is 17.4. The molecule has 1 unspecified atom stereocenters. The van der Waals surface area contributed by atoms with Crippen molar-refractivity contribution in [2.45, 2.75) is 25.9 Å². The number of anilines is 1. The third-order valence-electron chi connectivity index (χ3n) is 3.56. The first-order valence-corrected chi connectivity index (χ1v) is 7.95. The van der Waals surface area contributed by atoms with E-state index in [9.17, 15) is 9.59 Å². The number of nitrogens with one attached hydrogen (secondary N) is 2. The van der Waals surface area contributed by atoms with Gasteiger partial charge in [-0.25, -0.2) is 0 Å². The predicted molar refractivity (Wildman–Crippen MR) is 93.6 cm³/mol. The zero-order valence-electron chi connectivity index (χ0n) is 13.7. The summed E-state index contributed by atoms with van der Waals surface area (Å²) in [5.41, 5.74) is 2.69. The average molecular weight is 326 g/mol. The lowest BCUT2D eigenvalue weighted by Gasteiger charge is -2.11. The van der Waals surface area contributed by atoms with Crippen molar-refractivity contribution < 1.29 is 14.7 Å². The first-order valence-electron chi connectivity index (χ1n) is 7.95. The van der Waals surface area contributed by atoms with Crippen LogP contribution in [0.3, 0.4) is 0 Å². The molecule has 2 rings (SSSR count). The van der Waals surface area contributed by atoms with E-state index in [1.165, 1.54) is 0 Å². The van der Waals surface area contributed by atoms with Crippen LogP contribution in [0.25, 0.3) is 0 Å². The fourth-order valence-electron chi connectivity index (χ4n) is 2.27. The molecular formula is C19H22N2O3. The molecule has 0 radical (unpaired) electrons. The monoisotopic (exact) mass is 326 g/mol. The highest BCUT2D eigenvalue weighted by atomic mass is 16.3. The largest absolute Gasteiger partial charge is 0.393 e. The highest BCUT2D eigenvalue weighted by Gasteiger charge is 2.15. The van der Waals surface area contributed by atoms with Gasteiger partial charge in [-0.15, -0.1) is 0 Å². The maximum Gasteiger partial charge on any atom is 0.313 e. The van der Waals surface area contributed by atoms with Gasteiger partial charge in [-0.2, -0.15) is 0 Å². The van der Waals surface area contributed by atoms with Gasteiger partial charge in [-0.1, -0.05) is 48.5 Å². The van der Waals surface area contributed by atoms with Crippen LogP contribution in [0.1, 0.15) is 24.5 Å². The molecule has 5 nitrogen and oxygen atoms in total. The van der Waals surface area contributed by atoms with Crippen LogP contribution in [0.4, 0.5) is 5.69 Å². The van der Waals surface area contributed by atoms with Crippen molar-refractivity contribution in [1.82, 2.24) is 5.32 Å². The molecule has 0 aromatic heterocycles. The number of aliphatic hydroxyl groups excluding tert-OH is 1. The van der Waals surface area contributed by atoms with E-state index in [1.54, 1.807) is 13.0 Å². The number of carbonyl (C=O) groups excluding carboxylic acids is 2. The number of aliphatic hydroxyl groups is 1. The molecule has 0 fully saturated rings. The molecule has 126 valence electrons. The zero-order valence-corrected chi connectivity index (χ0v) is 13.7. The summed E-state index contributed by atoms with van der Waals surface area (Å²) in [5.74, 6) is -1.41. The minimum Gasteiger partial charge on any atom is -0.393 e. The third-order valence-corrected chi connectivity index (χ3v) is 3.56. The number of hydrogen-bond donors (Lipinski definition) is 3. The summed E-state index contributed by atoms with van der Waals surface area (Å²) < 4.78 is 0. The molecule has 5 heteroatoms. The van der Waals surface area contributed by atoms with Crippen molar-refractivity contribution in [2.75, 3.05) is 11.9 Å². The molecule has 0 saturated heterocycles. The van der Waals surface area contributed by atoms with Crippen LogP contribution >= 0.6 is 0 Å². The smallest absolute Gasteiger partial charge is 0.313 e. The Balaban J connectivity index is 1.99. The van der Waals surface area contributed by atoms with Crippen molar-refractivity contribution in [2.24, 2.45) is 0 Å². The number of carbonyl (C=O) groups is 2. The number of amides is 2. The second-order valence-corrected chi connectivity index (χ2v) is 5.67. The van der Waals surface area contributed by atoms with E-state index < -0.39 is 17.9 Å². The van der Waals surface area contributed by atoms with Crippen LogP contribution in [-0.4, -0.2) is 29.6 Å². The van der Waals surface area contributed by atoms with E-state index in [1.807, 2.05) is 48.5 Å². The highest BCUT2D eigenvalue weighted by Crippen LogP contribution is 2.19. The molecular weight excluding hydrogens is 304 g/mol. The molecule has 1 atom stereocenters. The molecule has 24 heavy (non-hydrogen) atoms. The Hall–Kier alpha value is -2.66. The lowest BCUT2D eigenvalue weighted by molar-refractivity contribution is -0.136. The summed E-state index contributed by atoms with van der Waals surface area (Å²) >= 11 is 0. The quantitative estimate of drug-likeness (QED) is 0.711. The van der Waals surface area contributed by atoms with E-state index in [2.05, 4.69) is 10.6 Å². The Morgan fingerprint density at radius 1 is 1.00 bits per heavy atom. The predicted octanol–water partition coefficient (Wildman–Crippen LogP) is 2.10. The van der Waals surface area contributed by atoms with Gasteiger partial charge < -0.3 is 15.7 Å². The molecule has 2 aromatic carbocycles. The first-order chi connectivity index (χ1) is 11.6. The summed E-state index contributed by atoms with van der Waals surface area (Å²) in [6, 6.07) is 17.3. The van der Waals surface area contributed by atoms with E-state index in [0.29, 0.717) is 18.5 Å². The fourth-order valence-corrected chi connectivity index (χ4v) is 2.27. The van der Waals surface area contributed by atoms with E-state index in [-0.39, 0.29) is 6.54 Å². The molecule has 0 heterocycles. The normalized spacial score (nSPS) is 11.6. The van der Waals surface area contributed by atoms with E-state index in [4.69, 9.17) is 5.11 Å². The van der Waals surface area contributed by atoms with Crippen LogP contribution in [0.5, 0.6) is 0 Å². The van der Waals surface area contributed by atoms with Crippen LogP contribution in [0.2, 0.25) is 0 Å². The van der Waals surface area contributed by atoms with Gasteiger partial charge in [0.15, 0.2) is 0 Å². The SMILES string of the molecule is CC(O)CCNC(=O)C(=O)Nc1ccccc1Cc1ccccc1. The lowest BCUT2D eigenvalue weighted by Crippen LogP contribution is -2.36. The van der Waals surface area contributed by atoms with Crippen molar-refractivity contribution in [3.05, 3.63) is 65.7 Å². The highest BCUT2D eigenvalue weighted by molar-refractivity contribution is 6.39. The Labute approximate surface area is 141 Å². The van der Waals surface area contributed by atoms with Gasteiger partial charge >= 0.3 is 11.8 Å². The van der Waals surface area contributed by atoms with Crippen LogP contribution in [0.15, 0.2) is 54.6 Å². The third kappa shape index (κ3) is 5.52. The molecule has 2 aromatic rings. The fraction of sp³-hybridized carbons (Fsp3) is 0.263. The number of para-hydroxylation sites is 1. The lowest BCUT2D eigenvalue weighted by atomic mass is 10.0. The van der Waals surface area contributed by atoms with Gasteiger partial charge in [0.25, 0.3) is 0 Å². The van der Waals surface area contributed by atoms with Crippen molar-refractivity contribution in [1.29, 1.82) is 0 Å². The number of hydrogen-bond acceptors (Lipinski definition) is 3. The van der Waals surface area contributed by atoms with Crippen LogP contribution in [-0.2, 0) is 16.0 Å². The molecule has 0 saturated carbocycles. The number of benzene rings is 2. The van der Waals surface area contributed by atoms with Gasteiger partial charge in [0.2, 0.25) is 0 Å². The van der Waals surface area contributed by atoms with E-state index in [0.717, 1.165) is 11.1 Å². The maximum atomic E-state index is 12.0. The molecule has 2 amide bonds. The number of rotatable bonds is 6. The molecule has 0 spiro atoms. The van der Waals surface area contributed by atoms with Gasteiger partial charge in [0.05, 0.1) is 6.10 Å². The Morgan fingerprint density at radius 3 is 2.38 bits per heavy atom. The van der Waals surface area contributed by atoms with Crippen molar-refractivity contribution in [3.8, 4) is 0 Å². The second-order valence-electron chi connectivity index (χ2n) is 5.67. The van der Waals surface area contributed by atoms with E-state index >= 15 is 0 Å². The van der Waals surface area contributed by atoms with Gasteiger partial charge in [-0.05, 0) is 37.0 Å². The molecule has 0 aliphatic carbocycles. The average Bonchev–Trinajstić information content (AvgIpc) is 2.57. The molecule has 0 bridgehead atoms. The van der Waals surface area contributed by atoms with Crippen molar-refractivity contribution in [3.63, 3.8) is 0 Å². The van der Waals surface area contributed by atoms with Crippen molar-refractivity contribution >= 4 is 17.5 Å². The second kappa shape index (κ2) is 8.84. The maximum absolute atomic E-state index is 12.0. The molecule has 3 N–H and O–H groups in total.